The number of carbonyl (C=O) groups is 2. The molecule has 3 nitrogen and oxygen atoms in total. The molecule has 0 aromatic heterocycles. The third kappa shape index (κ3) is 1.38. The minimum atomic E-state index is -0.357. The van der Waals surface area contributed by atoms with E-state index in [-0.39, 0.29) is 29.0 Å². The van der Waals surface area contributed by atoms with Crippen LogP contribution in [-0.2, 0) is 9.59 Å². The number of amides is 2. The summed E-state index contributed by atoms with van der Waals surface area (Å²) in [6.07, 6.45) is 0. The van der Waals surface area contributed by atoms with E-state index in [4.69, 9.17) is 11.6 Å². The molecule has 2 amide bonds. The maximum atomic E-state index is 11.0. The molecule has 0 saturated carbocycles. The fourth-order valence-electron chi connectivity index (χ4n) is 1.32. The molecule has 1 unspecified atom stereocenters. The zero-order chi connectivity index (χ0) is 8.59. The van der Waals surface area contributed by atoms with Crippen LogP contribution >= 0.6 is 11.6 Å². The first kappa shape index (κ1) is 8.53. The first-order chi connectivity index (χ1) is 5.04. The highest BCUT2D eigenvalue weighted by molar-refractivity contribution is 6.23. The molecule has 0 bridgehead atoms. The molecule has 1 heterocycles. The van der Waals surface area contributed by atoms with E-state index in [0.717, 1.165) is 0 Å². The molecule has 1 rings (SSSR count). The second-order valence-corrected chi connectivity index (χ2v) is 3.53. The van der Waals surface area contributed by atoms with Crippen LogP contribution in [0.5, 0.6) is 0 Å². The summed E-state index contributed by atoms with van der Waals surface area (Å²) < 4.78 is 0. The van der Waals surface area contributed by atoms with Gasteiger partial charge in [0.05, 0.1) is 5.92 Å². The van der Waals surface area contributed by atoms with Crippen LogP contribution in [0.25, 0.3) is 0 Å². The average Bonchev–Trinajstić information content (AvgIpc) is 2.07. The number of hydrogen-bond donors (Lipinski definition) is 1. The van der Waals surface area contributed by atoms with Gasteiger partial charge in [-0.25, -0.2) is 0 Å². The second kappa shape index (κ2) is 2.81. The molecule has 1 fully saturated rings. The van der Waals surface area contributed by atoms with Crippen molar-refractivity contribution in [3.05, 3.63) is 0 Å². The fraction of sp³-hybridized carbons (Fsp3) is 0.714. The molecule has 1 aliphatic heterocycles. The van der Waals surface area contributed by atoms with E-state index in [0.29, 0.717) is 0 Å². The average molecular weight is 176 g/mol. The summed E-state index contributed by atoms with van der Waals surface area (Å²) in [4.78, 5) is 21.9. The number of rotatable bonds is 1. The van der Waals surface area contributed by atoms with Crippen molar-refractivity contribution in [1.29, 1.82) is 0 Å². The molecule has 1 N–H and O–H groups in total. The quantitative estimate of drug-likeness (QED) is 0.467. The van der Waals surface area contributed by atoms with Crippen molar-refractivity contribution in [3.63, 3.8) is 0 Å². The molecule has 4 heteroatoms. The standard InChI is InChI=1S/C7H10ClNO2/c1-3-5(4(2)8)7(11)9-6(3)10/h3-5H,1-2H3,(H,9,10,11)/t3-,4?,5-/m1/s1. The van der Waals surface area contributed by atoms with Gasteiger partial charge in [0.2, 0.25) is 11.8 Å². The van der Waals surface area contributed by atoms with Crippen molar-refractivity contribution in [2.24, 2.45) is 11.8 Å². The van der Waals surface area contributed by atoms with E-state index in [1.807, 2.05) is 0 Å². The molecule has 3 atom stereocenters. The normalized spacial score (nSPS) is 33.7. The second-order valence-electron chi connectivity index (χ2n) is 2.85. The summed E-state index contributed by atoms with van der Waals surface area (Å²) in [6, 6.07) is 0. The lowest BCUT2D eigenvalue weighted by atomic mass is 9.94. The lowest BCUT2D eigenvalue weighted by Gasteiger charge is -2.11. The molecule has 0 spiro atoms. The first-order valence-corrected chi connectivity index (χ1v) is 3.96. The van der Waals surface area contributed by atoms with Crippen LogP contribution in [0.1, 0.15) is 13.8 Å². The third-order valence-corrected chi connectivity index (χ3v) is 2.27. The van der Waals surface area contributed by atoms with Crippen molar-refractivity contribution in [1.82, 2.24) is 5.32 Å². The molecule has 0 radical (unpaired) electrons. The Morgan fingerprint density at radius 3 is 2.18 bits per heavy atom. The maximum absolute atomic E-state index is 11.0. The monoisotopic (exact) mass is 175 g/mol. The van der Waals surface area contributed by atoms with Gasteiger partial charge in [-0.05, 0) is 6.92 Å². The van der Waals surface area contributed by atoms with Crippen LogP contribution in [0.3, 0.4) is 0 Å². The van der Waals surface area contributed by atoms with E-state index < -0.39 is 0 Å². The Hall–Kier alpha value is -0.570. The fourth-order valence-corrected chi connectivity index (χ4v) is 1.65. The minimum Gasteiger partial charge on any atom is -0.296 e. The van der Waals surface area contributed by atoms with E-state index in [1.165, 1.54) is 0 Å². The summed E-state index contributed by atoms with van der Waals surface area (Å²) in [5, 5.41) is 1.95. The number of alkyl halides is 1. The first-order valence-electron chi connectivity index (χ1n) is 3.53. The summed E-state index contributed by atoms with van der Waals surface area (Å²) in [6.45, 7) is 3.44. The number of nitrogens with one attached hydrogen (secondary N) is 1. The Kier molecular flexibility index (Phi) is 2.18. The van der Waals surface area contributed by atoms with Crippen LogP contribution in [0.4, 0.5) is 0 Å². The van der Waals surface area contributed by atoms with Crippen LogP contribution in [-0.4, -0.2) is 17.2 Å². The van der Waals surface area contributed by atoms with Crippen molar-refractivity contribution < 1.29 is 9.59 Å². The van der Waals surface area contributed by atoms with Crippen molar-refractivity contribution in [2.45, 2.75) is 19.2 Å². The summed E-state index contributed by atoms with van der Waals surface area (Å²) in [5.74, 6) is -1.10. The van der Waals surface area contributed by atoms with Gasteiger partial charge in [0.25, 0.3) is 0 Å². The van der Waals surface area contributed by atoms with Gasteiger partial charge in [-0.3, -0.25) is 14.9 Å². The van der Waals surface area contributed by atoms with Crippen molar-refractivity contribution in [2.75, 3.05) is 0 Å². The van der Waals surface area contributed by atoms with Crippen LogP contribution < -0.4 is 5.32 Å². The van der Waals surface area contributed by atoms with Gasteiger partial charge in [-0.15, -0.1) is 11.6 Å². The SMILES string of the molecule is CC(Cl)[C@@H]1C(=O)NC(=O)[C@@H]1C. The summed E-state index contributed by atoms with van der Waals surface area (Å²) in [5.41, 5.74) is 0. The summed E-state index contributed by atoms with van der Waals surface area (Å²) >= 11 is 5.73. The zero-order valence-corrected chi connectivity index (χ0v) is 7.18. The van der Waals surface area contributed by atoms with E-state index in [1.54, 1.807) is 13.8 Å². The van der Waals surface area contributed by atoms with Crippen molar-refractivity contribution >= 4 is 23.4 Å². The zero-order valence-electron chi connectivity index (χ0n) is 6.43. The molecule has 1 saturated heterocycles. The molecule has 62 valence electrons. The Labute approximate surface area is 70.1 Å². The number of halogens is 1. The smallest absolute Gasteiger partial charge is 0.231 e. The van der Waals surface area contributed by atoms with Gasteiger partial charge >= 0.3 is 0 Å². The molecule has 0 aromatic carbocycles. The topological polar surface area (TPSA) is 46.2 Å². The van der Waals surface area contributed by atoms with Gasteiger partial charge in [0.15, 0.2) is 0 Å². The van der Waals surface area contributed by atoms with Gasteiger partial charge in [0.1, 0.15) is 0 Å². The highest BCUT2D eigenvalue weighted by Gasteiger charge is 2.40. The number of imide groups is 1. The van der Waals surface area contributed by atoms with E-state index in [9.17, 15) is 9.59 Å². The molecular formula is C7H10ClNO2. The van der Waals surface area contributed by atoms with Crippen LogP contribution in [0.15, 0.2) is 0 Å². The Bertz CT molecular complexity index is 203. The predicted molar refractivity (Wildman–Crippen MR) is 41.1 cm³/mol. The van der Waals surface area contributed by atoms with Crippen LogP contribution in [0, 0.1) is 11.8 Å². The third-order valence-electron chi connectivity index (χ3n) is 2.00. The van der Waals surface area contributed by atoms with E-state index >= 15 is 0 Å². The molecule has 0 aromatic rings. The Morgan fingerprint density at radius 1 is 1.45 bits per heavy atom. The van der Waals surface area contributed by atoms with Gasteiger partial charge in [-0.1, -0.05) is 6.92 Å². The molecule has 0 aliphatic carbocycles. The molecular weight excluding hydrogens is 166 g/mol. The van der Waals surface area contributed by atoms with Gasteiger partial charge < -0.3 is 0 Å². The van der Waals surface area contributed by atoms with Gasteiger partial charge in [-0.2, -0.15) is 0 Å². The van der Waals surface area contributed by atoms with Crippen LogP contribution in [0.2, 0.25) is 0 Å². The van der Waals surface area contributed by atoms with E-state index in [2.05, 4.69) is 5.32 Å². The molecule has 11 heavy (non-hydrogen) atoms. The minimum absolute atomic E-state index is 0.215. The number of hydrogen-bond acceptors (Lipinski definition) is 2. The lowest BCUT2D eigenvalue weighted by molar-refractivity contribution is -0.126. The Balaban J connectivity index is 2.79. The highest BCUT2D eigenvalue weighted by atomic mass is 35.5. The predicted octanol–water partition coefficient (Wildman–Crippen LogP) is 0.522. The van der Waals surface area contributed by atoms with Crippen molar-refractivity contribution in [3.8, 4) is 0 Å². The van der Waals surface area contributed by atoms with Gasteiger partial charge in [0, 0.05) is 11.3 Å². The summed E-state index contributed by atoms with van der Waals surface area (Å²) in [7, 11) is 0. The maximum Gasteiger partial charge on any atom is 0.231 e. The largest absolute Gasteiger partial charge is 0.296 e. The highest BCUT2D eigenvalue weighted by Crippen LogP contribution is 2.24. The molecule has 1 aliphatic rings. The lowest BCUT2D eigenvalue weighted by Crippen LogP contribution is -2.25. The Morgan fingerprint density at radius 2 is 2.00 bits per heavy atom. The number of carbonyl (C=O) groups excluding carboxylic acids is 2.